The minimum atomic E-state index is -1.39. The van der Waals surface area contributed by atoms with Crippen molar-refractivity contribution >= 4 is 23.8 Å². The number of hydrogen-bond acceptors (Lipinski definition) is 6. The third kappa shape index (κ3) is 26.9. The number of carboxylic acids is 1. The van der Waals surface area contributed by atoms with Crippen LogP contribution in [0, 0.1) is 0 Å². The minimum Gasteiger partial charge on any atom is -0.480 e. The quantitative estimate of drug-likeness (QED) is 0.0400. The molecule has 0 aliphatic carbocycles. The Labute approximate surface area is 261 Å². The predicted octanol–water partition coefficient (Wildman–Crippen LogP) is 6.75. The van der Waals surface area contributed by atoms with Crippen molar-refractivity contribution in [3.8, 4) is 0 Å². The van der Waals surface area contributed by atoms with E-state index in [0.29, 0.717) is 12.8 Å². The Hall–Kier alpha value is -2.42. The van der Waals surface area contributed by atoms with E-state index in [0.717, 1.165) is 51.4 Å². The number of unbranched alkanes of at least 4 members (excludes halogenated alkanes) is 16. The van der Waals surface area contributed by atoms with Gasteiger partial charge in [0.1, 0.15) is 12.1 Å². The number of esters is 1. The molecule has 0 rings (SSSR count). The monoisotopic (exact) mass is 610 g/mol. The highest BCUT2D eigenvalue weighted by molar-refractivity contribution is 5.87. The fraction of sp³-hybridized carbons (Fsp3) is 0.824. The van der Waals surface area contributed by atoms with E-state index < -0.39 is 24.5 Å². The maximum Gasteiger partial charge on any atom is 0.328 e. The van der Waals surface area contributed by atoms with Crippen molar-refractivity contribution in [3.05, 3.63) is 12.2 Å². The van der Waals surface area contributed by atoms with Gasteiger partial charge in [-0.05, 0) is 38.2 Å². The summed E-state index contributed by atoms with van der Waals surface area (Å²) in [5.41, 5.74) is 0. The standard InChI is InChI=1S/C34H62N2O7/c1-3-5-7-8-9-10-11-12-13-14-15-16-22-26-33(40)43-29(23-19-6-4-2)24-20-17-18-21-25-31(38)35-27-32(39)36-30(28-37)34(41)42/h19,23,29-30,37H,3-18,20-22,24-28H2,1-2H3,(H,35,38)(H,36,39)(H,41,42)/b23-19-. The van der Waals surface area contributed by atoms with E-state index in [2.05, 4.69) is 30.6 Å². The van der Waals surface area contributed by atoms with Gasteiger partial charge in [-0.3, -0.25) is 14.4 Å². The SMILES string of the molecule is CCC/C=C\C(CCCCCCC(=O)NCC(=O)NC(CO)C(=O)O)OC(=O)CCCCCCCCCCCCCCC. The van der Waals surface area contributed by atoms with E-state index in [1.807, 2.05) is 6.08 Å². The molecule has 0 aliphatic rings. The van der Waals surface area contributed by atoms with Gasteiger partial charge in [0.15, 0.2) is 0 Å². The first-order valence-corrected chi connectivity index (χ1v) is 17.1. The molecule has 4 N–H and O–H groups in total. The normalized spacial score (nSPS) is 12.6. The highest BCUT2D eigenvalue weighted by Gasteiger charge is 2.18. The number of hydrogen-bond donors (Lipinski definition) is 4. The van der Waals surface area contributed by atoms with Gasteiger partial charge in [0, 0.05) is 12.8 Å². The van der Waals surface area contributed by atoms with Gasteiger partial charge in [-0.1, -0.05) is 116 Å². The smallest absolute Gasteiger partial charge is 0.328 e. The van der Waals surface area contributed by atoms with Gasteiger partial charge in [-0.2, -0.15) is 0 Å². The second kappa shape index (κ2) is 29.6. The zero-order valence-corrected chi connectivity index (χ0v) is 27.2. The number of allylic oxidation sites excluding steroid dienone is 1. The molecule has 0 aromatic heterocycles. The zero-order chi connectivity index (χ0) is 32.0. The summed E-state index contributed by atoms with van der Waals surface area (Å²) < 4.78 is 5.77. The number of amides is 2. The van der Waals surface area contributed by atoms with Crippen LogP contribution in [0.4, 0.5) is 0 Å². The summed E-state index contributed by atoms with van der Waals surface area (Å²) in [5.74, 6) is -2.41. The summed E-state index contributed by atoms with van der Waals surface area (Å²) in [6, 6.07) is -1.39. The van der Waals surface area contributed by atoms with Crippen LogP contribution in [0.2, 0.25) is 0 Å². The molecule has 250 valence electrons. The van der Waals surface area contributed by atoms with Crippen LogP contribution in [0.3, 0.4) is 0 Å². The number of aliphatic carboxylic acids is 1. The Balaban J connectivity index is 3.99. The highest BCUT2D eigenvalue weighted by atomic mass is 16.5. The molecular formula is C34H62N2O7. The van der Waals surface area contributed by atoms with Gasteiger partial charge in [0.05, 0.1) is 13.2 Å². The Morgan fingerprint density at radius 2 is 1.23 bits per heavy atom. The average Bonchev–Trinajstić information content (AvgIpc) is 2.98. The lowest BCUT2D eigenvalue weighted by Crippen LogP contribution is -2.47. The summed E-state index contributed by atoms with van der Waals surface area (Å²) >= 11 is 0. The van der Waals surface area contributed by atoms with Gasteiger partial charge >= 0.3 is 11.9 Å². The van der Waals surface area contributed by atoms with Crippen LogP contribution in [0.1, 0.15) is 155 Å². The van der Waals surface area contributed by atoms with Crippen LogP contribution in [0.25, 0.3) is 0 Å². The van der Waals surface area contributed by atoms with Crippen LogP contribution in [-0.2, 0) is 23.9 Å². The van der Waals surface area contributed by atoms with Crippen LogP contribution in [0.5, 0.6) is 0 Å². The van der Waals surface area contributed by atoms with E-state index >= 15 is 0 Å². The maximum atomic E-state index is 12.4. The van der Waals surface area contributed by atoms with Crippen LogP contribution < -0.4 is 10.6 Å². The molecule has 0 fully saturated rings. The third-order valence-electron chi connectivity index (χ3n) is 7.48. The average molecular weight is 611 g/mol. The van der Waals surface area contributed by atoms with Crippen LogP contribution in [0.15, 0.2) is 12.2 Å². The predicted molar refractivity (Wildman–Crippen MR) is 172 cm³/mol. The van der Waals surface area contributed by atoms with E-state index in [-0.39, 0.29) is 30.9 Å². The van der Waals surface area contributed by atoms with Crippen molar-refractivity contribution in [2.75, 3.05) is 13.2 Å². The molecule has 0 spiro atoms. The topological polar surface area (TPSA) is 142 Å². The van der Waals surface area contributed by atoms with Crippen molar-refractivity contribution in [2.24, 2.45) is 0 Å². The fourth-order valence-electron chi connectivity index (χ4n) is 4.81. The van der Waals surface area contributed by atoms with Crippen molar-refractivity contribution in [1.82, 2.24) is 10.6 Å². The first-order chi connectivity index (χ1) is 20.8. The van der Waals surface area contributed by atoms with Gasteiger partial charge in [0.25, 0.3) is 0 Å². The lowest BCUT2D eigenvalue weighted by Gasteiger charge is -2.15. The molecule has 2 unspecified atom stereocenters. The van der Waals surface area contributed by atoms with Crippen molar-refractivity contribution in [1.29, 1.82) is 0 Å². The molecule has 0 aromatic carbocycles. The molecule has 0 heterocycles. The molecular weight excluding hydrogens is 548 g/mol. The first-order valence-electron chi connectivity index (χ1n) is 17.1. The molecule has 0 aliphatic heterocycles. The number of carbonyl (C=O) groups is 4. The summed E-state index contributed by atoms with van der Waals surface area (Å²) in [6.45, 7) is 3.32. The molecule has 9 heteroatoms. The summed E-state index contributed by atoms with van der Waals surface area (Å²) in [5, 5.41) is 22.4. The van der Waals surface area contributed by atoms with E-state index in [1.54, 1.807) is 0 Å². The summed E-state index contributed by atoms with van der Waals surface area (Å²) in [6.07, 6.45) is 27.2. The van der Waals surface area contributed by atoms with E-state index in [9.17, 15) is 19.2 Å². The van der Waals surface area contributed by atoms with Crippen molar-refractivity contribution in [2.45, 2.75) is 167 Å². The lowest BCUT2D eigenvalue weighted by molar-refractivity contribution is -0.147. The third-order valence-corrected chi connectivity index (χ3v) is 7.48. The number of nitrogens with one attached hydrogen (secondary N) is 2. The molecule has 9 nitrogen and oxygen atoms in total. The molecule has 0 aromatic rings. The number of aliphatic hydroxyl groups excluding tert-OH is 1. The Bertz CT molecular complexity index is 757. The number of rotatable bonds is 30. The van der Waals surface area contributed by atoms with Crippen molar-refractivity contribution < 1.29 is 34.1 Å². The molecule has 2 atom stereocenters. The molecule has 0 saturated heterocycles. The number of aliphatic hydroxyl groups is 1. The largest absolute Gasteiger partial charge is 0.480 e. The number of carboxylic acid groups (broad SMARTS) is 1. The Kier molecular flexibility index (Phi) is 28.0. The molecule has 0 radical (unpaired) electrons. The molecule has 0 bridgehead atoms. The highest BCUT2D eigenvalue weighted by Crippen LogP contribution is 2.15. The second-order valence-corrected chi connectivity index (χ2v) is 11.6. The Morgan fingerprint density at radius 1 is 0.698 bits per heavy atom. The summed E-state index contributed by atoms with van der Waals surface area (Å²) in [4.78, 5) is 46.9. The lowest BCUT2D eigenvalue weighted by atomic mass is 10.0. The van der Waals surface area contributed by atoms with Gasteiger partial charge in [-0.25, -0.2) is 4.79 Å². The van der Waals surface area contributed by atoms with E-state index in [1.165, 1.54) is 70.6 Å². The van der Waals surface area contributed by atoms with Crippen molar-refractivity contribution in [3.63, 3.8) is 0 Å². The van der Waals surface area contributed by atoms with Gasteiger partial charge in [0.2, 0.25) is 11.8 Å². The van der Waals surface area contributed by atoms with E-state index in [4.69, 9.17) is 14.9 Å². The number of ether oxygens (including phenoxy) is 1. The van der Waals surface area contributed by atoms with Crippen LogP contribution >= 0.6 is 0 Å². The maximum absolute atomic E-state index is 12.4. The summed E-state index contributed by atoms with van der Waals surface area (Å²) in [7, 11) is 0. The fourth-order valence-corrected chi connectivity index (χ4v) is 4.81. The second-order valence-electron chi connectivity index (χ2n) is 11.6. The molecule has 2 amide bonds. The van der Waals surface area contributed by atoms with Gasteiger partial charge < -0.3 is 25.6 Å². The van der Waals surface area contributed by atoms with Crippen LogP contribution in [-0.4, -0.2) is 59.3 Å². The zero-order valence-electron chi connectivity index (χ0n) is 27.2. The first kappa shape index (κ1) is 40.6. The van der Waals surface area contributed by atoms with Gasteiger partial charge in [-0.15, -0.1) is 0 Å². The molecule has 0 saturated carbocycles. The minimum absolute atomic E-state index is 0.122. The molecule has 43 heavy (non-hydrogen) atoms. The Morgan fingerprint density at radius 3 is 1.77 bits per heavy atom. The number of carbonyl (C=O) groups excluding carboxylic acids is 3.